The molecule has 0 aromatic heterocycles. The number of ether oxygens (including phenoxy) is 1. The van der Waals surface area contributed by atoms with Gasteiger partial charge in [0.2, 0.25) is 0 Å². The van der Waals surface area contributed by atoms with Crippen molar-refractivity contribution < 1.29 is 4.74 Å². The molecule has 0 aliphatic rings. The van der Waals surface area contributed by atoms with Crippen molar-refractivity contribution in [3.8, 4) is 0 Å². The number of alkyl halides is 2. The predicted molar refractivity (Wildman–Crippen MR) is 90.8 cm³/mol. The zero-order valence-corrected chi connectivity index (χ0v) is 15.1. The molecule has 1 aromatic carbocycles. The Bertz CT molecular complexity index is 362. The SMILES string of the molecule is CCCCOCCC(CBr)(CBr)c1ccccc1C. The van der Waals surface area contributed by atoms with Crippen LogP contribution in [0.4, 0.5) is 0 Å². The summed E-state index contributed by atoms with van der Waals surface area (Å²) < 4.78 is 5.75. The number of hydrogen-bond acceptors (Lipinski definition) is 1. The first kappa shape index (κ1) is 17.2. The molecule has 0 aliphatic carbocycles. The number of rotatable bonds is 9. The average molecular weight is 392 g/mol. The summed E-state index contributed by atoms with van der Waals surface area (Å²) in [5.41, 5.74) is 2.90. The Balaban J connectivity index is 2.71. The third-order valence-corrected chi connectivity index (χ3v) is 5.74. The summed E-state index contributed by atoms with van der Waals surface area (Å²) in [6.45, 7) is 6.09. The summed E-state index contributed by atoms with van der Waals surface area (Å²) in [7, 11) is 0. The summed E-state index contributed by atoms with van der Waals surface area (Å²) in [6.07, 6.45) is 3.39. The fraction of sp³-hybridized carbons (Fsp3) is 0.625. The number of hydrogen-bond donors (Lipinski definition) is 0. The first-order chi connectivity index (χ1) is 9.20. The average Bonchev–Trinajstić information content (AvgIpc) is 2.44. The van der Waals surface area contributed by atoms with Crippen LogP contribution in [0.5, 0.6) is 0 Å². The first-order valence-corrected chi connectivity index (χ1v) is 9.20. The normalized spacial score (nSPS) is 11.8. The number of aryl methyl sites for hydroxylation is 1. The van der Waals surface area contributed by atoms with Gasteiger partial charge in [0.15, 0.2) is 0 Å². The van der Waals surface area contributed by atoms with Crippen LogP contribution in [0.3, 0.4) is 0 Å². The van der Waals surface area contributed by atoms with Crippen molar-refractivity contribution in [1.29, 1.82) is 0 Å². The smallest absolute Gasteiger partial charge is 0.0475 e. The Labute approximate surface area is 134 Å². The first-order valence-electron chi connectivity index (χ1n) is 6.96. The molecule has 1 aromatic rings. The Morgan fingerprint density at radius 2 is 1.79 bits per heavy atom. The maximum Gasteiger partial charge on any atom is 0.0475 e. The zero-order valence-electron chi connectivity index (χ0n) is 11.9. The molecule has 0 amide bonds. The van der Waals surface area contributed by atoms with Crippen molar-refractivity contribution in [2.24, 2.45) is 0 Å². The van der Waals surface area contributed by atoms with Crippen LogP contribution in [0, 0.1) is 6.92 Å². The molecule has 1 nitrogen and oxygen atoms in total. The molecule has 0 bridgehead atoms. The summed E-state index contributed by atoms with van der Waals surface area (Å²) in [4.78, 5) is 0. The molecular formula is C16H24Br2O. The van der Waals surface area contributed by atoms with Crippen LogP contribution in [-0.4, -0.2) is 23.9 Å². The van der Waals surface area contributed by atoms with Gasteiger partial charge in [-0.15, -0.1) is 0 Å². The van der Waals surface area contributed by atoms with E-state index in [1.165, 1.54) is 17.5 Å². The molecule has 0 fully saturated rings. The molecule has 0 atom stereocenters. The van der Waals surface area contributed by atoms with Gasteiger partial charge in [0.25, 0.3) is 0 Å². The molecule has 0 saturated carbocycles. The quantitative estimate of drug-likeness (QED) is 0.413. The van der Waals surface area contributed by atoms with E-state index in [1.54, 1.807) is 0 Å². The third kappa shape index (κ3) is 4.87. The van der Waals surface area contributed by atoms with Crippen LogP contribution in [0.1, 0.15) is 37.3 Å². The minimum Gasteiger partial charge on any atom is -0.381 e. The van der Waals surface area contributed by atoms with Gasteiger partial charge in [-0.1, -0.05) is 69.5 Å². The lowest BCUT2D eigenvalue weighted by Gasteiger charge is -2.32. The zero-order chi connectivity index (χ0) is 14.1. The second-order valence-corrected chi connectivity index (χ2v) is 6.20. The topological polar surface area (TPSA) is 9.23 Å². The molecule has 0 spiro atoms. The summed E-state index contributed by atoms with van der Waals surface area (Å²) in [6, 6.07) is 8.65. The fourth-order valence-corrected chi connectivity index (χ4v) is 4.33. The molecule has 0 heterocycles. The van der Waals surface area contributed by atoms with Crippen LogP contribution >= 0.6 is 31.9 Å². The van der Waals surface area contributed by atoms with Crippen LogP contribution < -0.4 is 0 Å². The molecule has 0 radical (unpaired) electrons. The molecular weight excluding hydrogens is 368 g/mol. The van der Waals surface area contributed by atoms with Crippen molar-refractivity contribution in [2.45, 2.75) is 38.5 Å². The summed E-state index contributed by atoms with van der Waals surface area (Å²) in [5.74, 6) is 0. The van der Waals surface area contributed by atoms with E-state index in [4.69, 9.17) is 4.74 Å². The van der Waals surface area contributed by atoms with Gasteiger partial charge in [-0.05, 0) is 30.9 Å². The molecule has 0 unspecified atom stereocenters. The van der Waals surface area contributed by atoms with Gasteiger partial charge in [-0.25, -0.2) is 0 Å². The Morgan fingerprint density at radius 1 is 1.11 bits per heavy atom. The standard InChI is InChI=1S/C16H24Br2O/c1-3-4-10-19-11-9-16(12-17,13-18)15-8-6-5-7-14(15)2/h5-8H,3-4,9-13H2,1-2H3. The van der Waals surface area contributed by atoms with E-state index < -0.39 is 0 Å². The van der Waals surface area contributed by atoms with Gasteiger partial charge in [-0.2, -0.15) is 0 Å². The Kier molecular flexibility index (Phi) is 8.27. The van der Waals surface area contributed by atoms with Crippen molar-refractivity contribution in [3.05, 3.63) is 35.4 Å². The van der Waals surface area contributed by atoms with Gasteiger partial charge < -0.3 is 4.74 Å². The second kappa shape index (κ2) is 9.15. The molecule has 3 heteroatoms. The van der Waals surface area contributed by atoms with Crippen molar-refractivity contribution in [2.75, 3.05) is 23.9 Å². The highest BCUT2D eigenvalue weighted by Gasteiger charge is 2.31. The maximum atomic E-state index is 5.75. The minimum absolute atomic E-state index is 0.123. The van der Waals surface area contributed by atoms with Crippen LogP contribution in [0.15, 0.2) is 24.3 Å². The molecule has 0 N–H and O–H groups in total. The Hall–Kier alpha value is 0.140. The lowest BCUT2D eigenvalue weighted by molar-refractivity contribution is 0.117. The van der Waals surface area contributed by atoms with E-state index >= 15 is 0 Å². The van der Waals surface area contributed by atoms with E-state index in [1.807, 2.05) is 0 Å². The van der Waals surface area contributed by atoms with E-state index in [0.717, 1.165) is 36.7 Å². The lowest BCUT2D eigenvalue weighted by Crippen LogP contribution is -2.32. The summed E-state index contributed by atoms with van der Waals surface area (Å²) >= 11 is 7.40. The monoisotopic (exact) mass is 390 g/mol. The number of unbranched alkanes of at least 4 members (excludes halogenated alkanes) is 1. The third-order valence-electron chi connectivity index (χ3n) is 3.60. The predicted octanol–water partition coefficient (Wildman–Crippen LogP) is 5.23. The fourth-order valence-electron chi connectivity index (χ4n) is 2.23. The van der Waals surface area contributed by atoms with Crippen LogP contribution in [0.25, 0.3) is 0 Å². The van der Waals surface area contributed by atoms with E-state index in [0.29, 0.717) is 0 Å². The Morgan fingerprint density at radius 3 is 2.37 bits per heavy atom. The molecule has 0 saturated heterocycles. The van der Waals surface area contributed by atoms with Crippen molar-refractivity contribution in [3.63, 3.8) is 0 Å². The number of benzene rings is 1. The highest BCUT2D eigenvalue weighted by Crippen LogP contribution is 2.34. The second-order valence-electron chi connectivity index (χ2n) is 5.08. The number of halogens is 2. The molecule has 108 valence electrons. The van der Waals surface area contributed by atoms with Gasteiger partial charge in [0.05, 0.1) is 0 Å². The highest BCUT2D eigenvalue weighted by molar-refractivity contribution is 9.09. The van der Waals surface area contributed by atoms with Gasteiger partial charge in [0, 0.05) is 29.3 Å². The summed E-state index contributed by atoms with van der Waals surface area (Å²) in [5, 5.41) is 1.90. The van der Waals surface area contributed by atoms with Gasteiger partial charge >= 0.3 is 0 Å². The lowest BCUT2D eigenvalue weighted by atomic mass is 9.79. The van der Waals surface area contributed by atoms with Crippen LogP contribution in [-0.2, 0) is 10.2 Å². The highest BCUT2D eigenvalue weighted by atomic mass is 79.9. The maximum absolute atomic E-state index is 5.75. The van der Waals surface area contributed by atoms with Crippen LogP contribution in [0.2, 0.25) is 0 Å². The molecule has 0 aliphatic heterocycles. The van der Waals surface area contributed by atoms with E-state index in [-0.39, 0.29) is 5.41 Å². The van der Waals surface area contributed by atoms with E-state index in [9.17, 15) is 0 Å². The minimum atomic E-state index is 0.123. The van der Waals surface area contributed by atoms with Gasteiger partial charge in [0.1, 0.15) is 0 Å². The largest absolute Gasteiger partial charge is 0.381 e. The molecule has 19 heavy (non-hydrogen) atoms. The van der Waals surface area contributed by atoms with Gasteiger partial charge in [-0.3, -0.25) is 0 Å². The van der Waals surface area contributed by atoms with Crippen molar-refractivity contribution >= 4 is 31.9 Å². The van der Waals surface area contributed by atoms with Crippen molar-refractivity contribution in [1.82, 2.24) is 0 Å². The molecule has 1 rings (SSSR count). The van der Waals surface area contributed by atoms with E-state index in [2.05, 4.69) is 70.0 Å².